The van der Waals surface area contributed by atoms with E-state index in [2.05, 4.69) is 43.1 Å². The second-order valence-corrected chi connectivity index (χ2v) is 14.8. The Kier molecular flexibility index (Phi) is 11.0. The maximum Gasteiger partial charge on any atom is 0.269 e. The van der Waals surface area contributed by atoms with Crippen LogP contribution in [0.2, 0.25) is 5.02 Å². The molecule has 1 atom stereocenters. The van der Waals surface area contributed by atoms with Gasteiger partial charge in [-0.25, -0.2) is 0 Å². The number of carbonyl (C=O) groups excluding carboxylic acids is 3. The highest BCUT2D eigenvalue weighted by Gasteiger charge is 2.41. The molecule has 12 nitrogen and oxygen atoms in total. The molecule has 1 aliphatic carbocycles. The van der Waals surface area contributed by atoms with Crippen molar-refractivity contribution in [3.05, 3.63) is 82.0 Å². The molecule has 0 bridgehead atoms. The summed E-state index contributed by atoms with van der Waals surface area (Å²) in [6.45, 7) is 6.46. The number of nitrogens with zero attached hydrogens (tertiary/aromatic N) is 7. The number of hydrogen-bond donors (Lipinski definition) is 1. The Bertz CT molecular complexity index is 1810. The Balaban J connectivity index is 0.911. The van der Waals surface area contributed by atoms with Crippen LogP contribution < -0.4 is 15.4 Å². The highest BCUT2D eigenvalue weighted by Crippen LogP contribution is 2.36. The number of carbonyl (C=O) groups is 3. The molecule has 4 fully saturated rings. The van der Waals surface area contributed by atoms with Crippen LogP contribution >= 0.6 is 11.6 Å². The molecule has 3 aliphatic heterocycles. The van der Waals surface area contributed by atoms with Gasteiger partial charge in [0.25, 0.3) is 5.91 Å². The minimum Gasteiger partial charge on any atom is -0.490 e. The van der Waals surface area contributed by atoms with E-state index in [1.807, 2.05) is 18.2 Å². The van der Waals surface area contributed by atoms with Gasteiger partial charge in [-0.15, -0.1) is 10.2 Å². The van der Waals surface area contributed by atoms with Gasteiger partial charge in [0.1, 0.15) is 11.8 Å². The van der Waals surface area contributed by atoms with Crippen molar-refractivity contribution >= 4 is 35.1 Å². The Morgan fingerprint density at radius 2 is 1.63 bits per heavy atom. The smallest absolute Gasteiger partial charge is 0.269 e. The van der Waals surface area contributed by atoms with Gasteiger partial charge in [0.2, 0.25) is 11.8 Å². The third kappa shape index (κ3) is 7.92. The van der Waals surface area contributed by atoms with Crippen LogP contribution in [0.1, 0.15) is 84.5 Å². The highest BCUT2D eigenvalue weighted by atomic mass is 35.5. The molecule has 1 saturated carbocycles. The Morgan fingerprint density at radius 1 is 0.885 bits per heavy atom. The summed E-state index contributed by atoms with van der Waals surface area (Å²) in [5.74, 6) is 0.359. The van der Waals surface area contributed by atoms with E-state index in [0.29, 0.717) is 48.1 Å². The molecule has 4 aliphatic rings. The second-order valence-electron chi connectivity index (χ2n) is 14.4. The molecular formula is C39H45ClN8O4. The number of hydrogen-bond acceptors (Lipinski definition) is 10. The van der Waals surface area contributed by atoms with E-state index >= 15 is 0 Å². The van der Waals surface area contributed by atoms with E-state index in [0.717, 1.165) is 82.9 Å². The van der Waals surface area contributed by atoms with Crippen molar-refractivity contribution in [1.29, 1.82) is 5.26 Å². The molecule has 2 aromatic carbocycles. The van der Waals surface area contributed by atoms with Crippen LogP contribution in [0.3, 0.4) is 0 Å². The van der Waals surface area contributed by atoms with Crippen LogP contribution in [0.25, 0.3) is 0 Å². The average Bonchev–Trinajstić information content (AvgIpc) is 3.16. The van der Waals surface area contributed by atoms with Crippen LogP contribution in [-0.4, -0.2) is 100 Å². The van der Waals surface area contributed by atoms with Crippen molar-refractivity contribution in [2.75, 3.05) is 44.2 Å². The number of likely N-dealkylation sites (tertiary alicyclic amines) is 1. The number of piperazine rings is 1. The third-order valence-electron chi connectivity index (χ3n) is 11.3. The molecule has 1 aromatic heterocycles. The Morgan fingerprint density at radius 3 is 2.31 bits per heavy atom. The van der Waals surface area contributed by atoms with Gasteiger partial charge in [-0.3, -0.25) is 29.1 Å². The summed E-state index contributed by atoms with van der Waals surface area (Å²) < 4.78 is 6.17. The van der Waals surface area contributed by atoms with E-state index in [-0.39, 0.29) is 35.6 Å². The lowest BCUT2D eigenvalue weighted by molar-refractivity contribution is -0.153. The summed E-state index contributed by atoms with van der Waals surface area (Å²) >= 11 is 6.20. The number of imide groups is 1. The number of benzene rings is 2. The summed E-state index contributed by atoms with van der Waals surface area (Å²) in [6.07, 6.45) is 5.81. The van der Waals surface area contributed by atoms with Crippen LogP contribution in [0, 0.1) is 11.3 Å². The standard InChI is InChI=1S/C39H45ClN8O4/c40-34-23-31(8-5-26(34)24-41)52-30-9-6-29(7-10-30)48-37(49)14-11-33(39(48)51)32-4-2-1-3-27(32)25-45-19-21-46(22-20-45)28-15-17-47(18-16-28)36-13-12-35(38(42)50)43-44-36/h1-5,8,12-13,23,28-30,33H,6-7,9-11,14-22,25H2,(H2,42,50). The number of piperidine rings is 2. The predicted molar refractivity (Wildman–Crippen MR) is 196 cm³/mol. The zero-order valence-corrected chi connectivity index (χ0v) is 30.1. The van der Waals surface area contributed by atoms with Crippen LogP contribution in [-0.2, 0) is 16.1 Å². The summed E-state index contributed by atoms with van der Waals surface area (Å²) in [5.41, 5.74) is 8.10. The van der Waals surface area contributed by atoms with E-state index in [1.54, 1.807) is 29.2 Å². The number of ether oxygens (including phenoxy) is 1. The van der Waals surface area contributed by atoms with Crippen LogP contribution in [0.4, 0.5) is 5.82 Å². The minimum atomic E-state index is -0.573. The Labute approximate surface area is 309 Å². The van der Waals surface area contributed by atoms with Gasteiger partial charge < -0.3 is 15.4 Å². The van der Waals surface area contributed by atoms with Crippen molar-refractivity contribution in [2.45, 2.75) is 82.0 Å². The van der Waals surface area contributed by atoms with E-state index in [9.17, 15) is 14.4 Å². The second kappa shape index (κ2) is 16.0. The van der Waals surface area contributed by atoms with Gasteiger partial charge in [-0.05, 0) is 80.3 Å². The number of amides is 3. The third-order valence-corrected chi connectivity index (χ3v) is 11.6. The van der Waals surface area contributed by atoms with Crippen molar-refractivity contribution in [3.63, 3.8) is 0 Å². The number of anilines is 1. The monoisotopic (exact) mass is 724 g/mol. The number of aromatic nitrogens is 2. The molecule has 2 N–H and O–H groups in total. The lowest BCUT2D eigenvalue weighted by Crippen LogP contribution is -2.53. The molecule has 0 spiro atoms. The minimum absolute atomic E-state index is 0.0383. The number of halogens is 1. The maximum atomic E-state index is 14.1. The normalized spacial score (nSPS) is 23.7. The molecular weight excluding hydrogens is 680 g/mol. The average molecular weight is 725 g/mol. The summed E-state index contributed by atoms with van der Waals surface area (Å²) in [4.78, 5) is 47.6. The maximum absolute atomic E-state index is 14.1. The number of nitriles is 1. The van der Waals surface area contributed by atoms with E-state index in [4.69, 9.17) is 27.3 Å². The summed E-state index contributed by atoms with van der Waals surface area (Å²) in [5, 5.41) is 17.7. The quantitative estimate of drug-likeness (QED) is 0.313. The van der Waals surface area contributed by atoms with Gasteiger partial charge in [0.15, 0.2) is 11.5 Å². The predicted octanol–water partition coefficient (Wildman–Crippen LogP) is 4.51. The molecule has 52 heavy (non-hydrogen) atoms. The van der Waals surface area contributed by atoms with Crippen LogP contribution in [0.5, 0.6) is 5.75 Å². The first-order valence-electron chi connectivity index (χ1n) is 18.4. The van der Waals surface area contributed by atoms with Gasteiger partial charge in [-0.1, -0.05) is 35.9 Å². The zero-order valence-electron chi connectivity index (χ0n) is 29.3. The lowest BCUT2D eigenvalue weighted by atomic mass is 9.83. The van der Waals surface area contributed by atoms with Gasteiger partial charge >= 0.3 is 0 Å². The molecule has 4 heterocycles. The molecule has 3 saturated heterocycles. The topological polar surface area (TPSA) is 149 Å². The molecule has 272 valence electrons. The van der Waals surface area contributed by atoms with Crippen molar-refractivity contribution in [3.8, 4) is 11.8 Å². The van der Waals surface area contributed by atoms with Crippen LogP contribution in [0.15, 0.2) is 54.6 Å². The van der Waals surface area contributed by atoms with E-state index in [1.165, 1.54) is 5.56 Å². The van der Waals surface area contributed by atoms with Crippen molar-refractivity contribution in [2.24, 2.45) is 5.73 Å². The molecule has 0 radical (unpaired) electrons. The molecule has 7 rings (SSSR count). The summed E-state index contributed by atoms with van der Waals surface area (Å²) in [7, 11) is 0. The lowest BCUT2D eigenvalue weighted by Gasteiger charge is -2.43. The molecule has 3 aromatic rings. The SMILES string of the molecule is N#Cc1ccc(OC2CCC(N3C(=O)CCC(c4ccccc4CN4CCN(C5CCN(c6ccc(C(N)=O)nn6)CC5)CC4)C3=O)CC2)cc1Cl. The first-order chi connectivity index (χ1) is 25.3. The highest BCUT2D eigenvalue weighted by molar-refractivity contribution is 6.31. The summed E-state index contributed by atoms with van der Waals surface area (Å²) in [6, 6.07) is 19.3. The number of rotatable bonds is 9. The molecule has 1 unspecified atom stereocenters. The fraction of sp³-hybridized carbons (Fsp3) is 0.487. The first-order valence-corrected chi connectivity index (χ1v) is 18.8. The largest absolute Gasteiger partial charge is 0.490 e. The van der Waals surface area contributed by atoms with Gasteiger partial charge in [-0.2, -0.15) is 5.26 Å². The molecule has 13 heteroatoms. The fourth-order valence-electron chi connectivity index (χ4n) is 8.38. The van der Waals surface area contributed by atoms with Gasteiger partial charge in [0, 0.05) is 70.4 Å². The molecule has 3 amide bonds. The van der Waals surface area contributed by atoms with Crippen molar-refractivity contribution in [1.82, 2.24) is 24.9 Å². The fourth-order valence-corrected chi connectivity index (χ4v) is 8.59. The zero-order chi connectivity index (χ0) is 36.2. The van der Waals surface area contributed by atoms with Gasteiger partial charge in [0.05, 0.1) is 22.6 Å². The number of nitrogens with two attached hydrogens (primary N) is 1. The van der Waals surface area contributed by atoms with E-state index < -0.39 is 5.91 Å². The van der Waals surface area contributed by atoms with Crippen molar-refractivity contribution < 1.29 is 19.1 Å². The number of primary amides is 1. The Hall–Kier alpha value is -4.57. The first kappa shape index (κ1) is 35.8.